The number of nitrogens with one attached hydrogen (secondary N) is 1. The van der Waals surface area contributed by atoms with Gasteiger partial charge in [0, 0.05) is 24.7 Å². The molecule has 1 aliphatic heterocycles. The van der Waals surface area contributed by atoms with Gasteiger partial charge in [-0.2, -0.15) is 0 Å². The van der Waals surface area contributed by atoms with E-state index in [-0.39, 0.29) is 17.9 Å². The Balaban J connectivity index is 1.52. The van der Waals surface area contributed by atoms with Crippen LogP contribution in [0.4, 0.5) is 0 Å². The molecular formula is C18H20N2O3. The van der Waals surface area contributed by atoms with E-state index in [1.54, 1.807) is 11.0 Å². The Kier molecular flexibility index (Phi) is 4.46. The Labute approximate surface area is 135 Å². The molecule has 120 valence electrons. The van der Waals surface area contributed by atoms with Crippen LogP contribution in [0.1, 0.15) is 39.1 Å². The molecule has 1 N–H and O–H groups in total. The molecule has 1 aromatic carbocycles. The number of amides is 2. The first-order valence-corrected chi connectivity index (χ1v) is 7.82. The minimum Gasteiger partial charge on any atom is -0.472 e. The zero-order valence-electron chi connectivity index (χ0n) is 13.1. The van der Waals surface area contributed by atoms with Crippen molar-refractivity contribution in [3.63, 3.8) is 0 Å². The largest absolute Gasteiger partial charge is 0.472 e. The average molecular weight is 312 g/mol. The van der Waals surface area contributed by atoms with Gasteiger partial charge in [0.15, 0.2) is 0 Å². The number of piperidine rings is 1. The fourth-order valence-corrected chi connectivity index (χ4v) is 2.77. The van der Waals surface area contributed by atoms with Gasteiger partial charge in [-0.15, -0.1) is 0 Å². The van der Waals surface area contributed by atoms with Crippen LogP contribution in [0.5, 0.6) is 0 Å². The summed E-state index contributed by atoms with van der Waals surface area (Å²) in [6.45, 7) is 3.28. The van der Waals surface area contributed by atoms with Crippen molar-refractivity contribution in [2.24, 2.45) is 0 Å². The van der Waals surface area contributed by atoms with E-state index < -0.39 is 0 Å². The first kappa shape index (κ1) is 15.3. The molecule has 0 saturated carbocycles. The summed E-state index contributed by atoms with van der Waals surface area (Å²) in [6, 6.07) is 9.32. The maximum absolute atomic E-state index is 12.2. The highest BCUT2D eigenvalue weighted by Crippen LogP contribution is 2.15. The van der Waals surface area contributed by atoms with Gasteiger partial charge in [0.2, 0.25) is 0 Å². The maximum Gasteiger partial charge on any atom is 0.257 e. The highest BCUT2D eigenvalue weighted by atomic mass is 16.3. The fourth-order valence-electron chi connectivity index (χ4n) is 2.77. The van der Waals surface area contributed by atoms with E-state index in [1.165, 1.54) is 12.5 Å². The Bertz CT molecular complexity index is 669. The van der Waals surface area contributed by atoms with E-state index in [9.17, 15) is 9.59 Å². The number of carbonyl (C=O) groups is 2. The number of likely N-dealkylation sites (tertiary alicyclic amines) is 1. The van der Waals surface area contributed by atoms with Gasteiger partial charge in [-0.3, -0.25) is 9.59 Å². The highest BCUT2D eigenvalue weighted by molar-refractivity contribution is 5.95. The highest BCUT2D eigenvalue weighted by Gasteiger charge is 2.25. The zero-order chi connectivity index (χ0) is 16.2. The third kappa shape index (κ3) is 3.62. The van der Waals surface area contributed by atoms with Gasteiger partial charge in [-0.1, -0.05) is 17.7 Å². The molecule has 0 atom stereocenters. The molecule has 2 aromatic rings. The van der Waals surface area contributed by atoms with Crippen LogP contribution in [0.2, 0.25) is 0 Å². The minimum atomic E-state index is -0.0513. The zero-order valence-corrected chi connectivity index (χ0v) is 13.1. The molecule has 5 nitrogen and oxygen atoms in total. The van der Waals surface area contributed by atoms with Crippen molar-refractivity contribution in [3.05, 3.63) is 59.5 Å². The van der Waals surface area contributed by atoms with Crippen molar-refractivity contribution < 1.29 is 14.0 Å². The third-order valence-electron chi connectivity index (χ3n) is 4.20. The van der Waals surface area contributed by atoms with E-state index in [4.69, 9.17) is 4.42 Å². The molecular weight excluding hydrogens is 292 g/mol. The van der Waals surface area contributed by atoms with Gasteiger partial charge >= 0.3 is 0 Å². The Morgan fingerprint density at radius 3 is 2.39 bits per heavy atom. The second-order valence-corrected chi connectivity index (χ2v) is 5.92. The molecule has 1 saturated heterocycles. The van der Waals surface area contributed by atoms with Gasteiger partial charge < -0.3 is 14.6 Å². The van der Waals surface area contributed by atoms with E-state index >= 15 is 0 Å². The molecule has 0 unspecified atom stereocenters. The van der Waals surface area contributed by atoms with Gasteiger partial charge in [0.05, 0.1) is 11.8 Å². The van der Waals surface area contributed by atoms with Gasteiger partial charge in [0.25, 0.3) is 11.8 Å². The lowest BCUT2D eigenvalue weighted by Crippen LogP contribution is -2.46. The number of rotatable bonds is 3. The van der Waals surface area contributed by atoms with Crippen LogP contribution in [0.15, 0.2) is 47.3 Å². The monoisotopic (exact) mass is 312 g/mol. The summed E-state index contributed by atoms with van der Waals surface area (Å²) in [6.07, 6.45) is 4.50. The SMILES string of the molecule is Cc1ccc(C(=O)NC2CCN(C(=O)c3ccoc3)CC2)cc1. The number of benzene rings is 1. The second kappa shape index (κ2) is 6.69. The number of furan rings is 1. The van der Waals surface area contributed by atoms with Gasteiger partial charge in [-0.25, -0.2) is 0 Å². The lowest BCUT2D eigenvalue weighted by Gasteiger charge is -2.32. The average Bonchev–Trinajstić information content (AvgIpc) is 3.10. The van der Waals surface area contributed by atoms with Crippen LogP contribution in [0.3, 0.4) is 0 Å². The predicted molar refractivity (Wildman–Crippen MR) is 86.3 cm³/mol. The van der Waals surface area contributed by atoms with E-state index in [0.29, 0.717) is 24.2 Å². The van der Waals surface area contributed by atoms with Crippen LogP contribution < -0.4 is 5.32 Å². The summed E-state index contributed by atoms with van der Waals surface area (Å²) in [5, 5.41) is 3.05. The van der Waals surface area contributed by atoms with Crippen LogP contribution in [-0.2, 0) is 0 Å². The van der Waals surface area contributed by atoms with Crippen molar-refractivity contribution in [1.29, 1.82) is 0 Å². The molecule has 2 heterocycles. The number of hydrogen-bond acceptors (Lipinski definition) is 3. The number of aryl methyl sites for hydroxylation is 1. The first-order valence-electron chi connectivity index (χ1n) is 7.82. The lowest BCUT2D eigenvalue weighted by molar-refractivity contribution is 0.0697. The molecule has 1 fully saturated rings. The molecule has 0 radical (unpaired) electrons. The molecule has 1 aliphatic rings. The first-order chi connectivity index (χ1) is 11.1. The quantitative estimate of drug-likeness (QED) is 0.947. The predicted octanol–water partition coefficient (Wildman–Crippen LogP) is 2.62. The molecule has 0 spiro atoms. The summed E-state index contributed by atoms with van der Waals surface area (Å²) >= 11 is 0. The van der Waals surface area contributed by atoms with Crippen LogP contribution >= 0.6 is 0 Å². The van der Waals surface area contributed by atoms with Crippen molar-refractivity contribution >= 4 is 11.8 Å². The molecule has 1 aromatic heterocycles. The Hall–Kier alpha value is -2.56. The topological polar surface area (TPSA) is 62.6 Å². The third-order valence-corrected chi connectivity index (χ3v) is 4.20. The van der Waals surface area contributed by atoms with Gasteiger partial charge in [0.1, 0.15) is 6.26 Å². The molecule has 23 heavy (non-hydrogen) atoms. The second-order valence-electron chi connectivity index (χ2n) is 5.92. The number of carbonyl (C=O) groups excluding carboxylic acids is 2. The van der Waals surface area contributed by atoms with E-state index in [1.807, 2.05) is 31.2 Å². The van der Waals surface area contributed by atoms with Crippen molar-refractivity contribution in [2.45, 2.75) is 25.8 Å². The summed E-state index contributed by atoms with van der Waals surface area (Å²) in [4.78, 5) is 26.2. The fraction of sp³-hybridized carbons (Fsp3) is 0.333. The Morgan fingerprint density at radius 1 is 1.09 bits per heavy atom. The minimum absolute atomic E-state index is 0.0120. The summed E-state index contributed by atoms with van der Waals surface area (Å²) < 4.78 is 4.95. The molecule has 5 heteroatoms. The van der Waals surface area contributed by atoms with E-state index in [2.05, 4.69) is 5.32 Å². The molecule has 0 aliphatic carbocycles. The summed E-state index contributed by atoms with van der Waals surface area (Å²) in [5.41, 5.74) is 2.38. The van der Waals surface area contributed by atoms with Crippen molar-refractivity contribution in [2.75, 3.05) is 13.1 Å². The smallest absolute Gasteiger partial charge is 0.257 e. The van der Waals surface area contributed by atoms with Gasteiger partial charge in [-0.05, 0) is 38.0 Å². The Morgan fingerprint density at radius 2 is 1.78 bits per heavy atom. The van der Waals surface area contributed by atoms with Crippen LogP contribution in [0.25, 0.3) is 0 Å². The number of hydrogen-bond donors (Lipinski definition) is 1. The molecule has 0 bridgehead atoms. The lowest BCUT2D eigenvalue weighted by atomic mass is 10.0. The molecule has 2 amide bonds. The summed E-state index contributed by atoms with van der Waals surface area (Å²) in [5.74, 6) is -0.0633. The standard InChI is InChI=1S/C18H20N2O3/c1-13-2-4-14(5-3-13)17(21)19-16-6-9-20(10-7-16)18(22)15-8-11-23-12-15/h2-5,8,11-12,16H,6-7,9-10H2,1H3,(H,19,21). The van der Waals surface area contributed by atoms with Crippen LogP contribution in [0, 0.1) is 6.92 Å². The van der Waals surface area contributed by atoms with Crippen LogP contribution in [-0.4, -0.2) is 35.8 Å². The van der Waals surface area contributed by atoms with Crippen molar-refractivity contribution in [1.82, 2.24) is 10.2 Å². The number of nitrogens with zero attached hydrogens (tertiary/aromatic N) is 1. The summed E-state index contributed by atoms with van der Waals surface area (Å²) in [7, 11) is 0. The molecule has 3 rings (SSSR count). The normalized spacial score (nSPS) is 15.4. The van der Waals surface area contributed by atoms with E-state index in [0.717, 1.165) is 18.4 Å². The maximum atomic E-state index is 12.2. The van der Waals surface area contributed by atoms with Crippen molar-refractivity contribution in [3.8, 4) is 0 Å².